The Balaban J connectivity index is 1.59. The molecule has 0 aliphatic carbocycles. The molecule has 1 saturated heterocycles. The molecule has 1 aromatic heterocycles. The monoisotopic (exact) mass is 349 g/mol. The number of anilines is 1. The lowest BCUT2D eigenvalue weighted by atomic mass is 10.0. The minimum absolute atomic E-state index is 0.484. The van der Waals surface area contributed by atoms with Gasteiger partial charge < -0.3 is 26.5 Å². The van der Waals surface area contributed by atoms with Gasteiger partial charge in [0, 0.05) is 54.4 Å². The van der Waals surface area contributed by atoms with Gasteiger partial charge >= 0.3 is 0 Å². The summed E-state index contributed by atoms with van der Waals surface area (Å²) in [7, 11) is 0. The minimum atomic E-state index is 0.484. The highest BCUT2D eigenvalue weighted by Gasteiger charge is 2.16. The second-order valence-electron chi connectivity index (χ2n) is 6.02. The molecule has 134 valence electrons. The molecule has 6 heteroatoms. The normalized spacial score (nSPS) is 15.0. The molecule has 0 radical (unpaired) electrons. The van der Waals surface area contributed by atoms with Crippen molar-refractivity contribution in [2.75, 3.05) is 18.5 Å². The topological polar surface area (TPSA) is 96.1 Å². The average molecular weight is 349 g/mol. The van der Waals surface area contributed by atoms with E-state index in [2.05, 4.69) is 27.8 Å². The van der Waals surface area contributed by atoms with Gasteiger partial charge in [0.05, 0.1) is 19.3 Å². The number of nitrogens with two attached hydrogens (primary N) is 1. The van der Waals surface area contributed by atoms with Crippen LogP contribution >= 0.6 is 0 Å². The van der Waals surface area contributed by atoms with Crippen LogP contribution in [-0.2, 0) is 11.3 Å². The van der Waals surface area contributed by atoms with E-state index >= 15 is 0 Å². The van der Waals surface area contributed by atoms with Gasteiger partial charge in [-0.25, -0.2) is 0 Å². The SMILES string of the molecule is N=C/C(=C\N)c1ccncc1/C=C/Nc1ccc(CNC2COC2)cc1. The molecule has 2 heterocycles. The van der Waals surface area contributed by atoms with Gasteiger partial charge in [0.15, 0.2) is 0 Å². The summed E-state index contributed by atoms with van der Waals surface area (Å²) < 4.78 is 5.15. The van der Waals surface area contributed by atoms with E-state index in [1.54, 1.807) is 12.4 Å². The van der Waals surface area contributed by atoms with Crippen LogP contribution in [0.5, 0.6) is 0 Å². The molecular formula is C20H23N5O. The van der Waals surface area contributed by atoms with Crippen molar-refractivity contribution in [3.63, 3.8) is 0 Å². The number of ether oxygens (including phenoxy) is 1. The van der Waals surface area contributed by atoms with Crippen molar-refractivity contribution >= 4 is 23.6 Å². The number of nitrogens with one attached hydrogen (secondary N) is 3. The van der Waals surface area contributed by atoms with Gasteiger partial charge in [-0.1, -0.05) is 12.1 Å². The molecule has 5 N–H and O–H groups in total. The smallest absolute Gasteiger partial charge is 0.0643 e. The van der Waals surface area contributed by atoms with Gasteiger partial charge in [-0.05, 0) is 35.4 Å². The molecule has 1 fully saturated rings. The van der Waals surface area contributed by atoms with E-state index < -0.39 is 0 Å². The Morgan fingerprint density at radius 1 is 1.27 bits per heavy atom. The van der Waals surface area contributed by atoms with Crippen molar-refractivity contribution in [2.45, 2.75) is 12.6 Å². The van der Waals surface area contributed by atoms with Crippen LogP contribution in [0.3, 0.4) is 0 Å². The van der Waals surface area contributed by atoms with Crippen molar-refractivity contribution in [1.29, 1.82) is 5.41 Å². The first-order valence-corrected chi connectivity index (χ1v) is 8.50. The Bertz CT molecular complexity index is 794. The minimum Gasteiger partial charge on any atom is -0.404 e. The molecule has 6 nitrogen and oxygen atoms in total. The highest BCUT2D eigenvalue weighted by Crippen LogP contribution is 2.18. The molecule has 2 aromatic rings. The van der Waals surface area contributed by atoms with Crippen molar-refractivity contribution in [1.82, 2.24) is 10.3 Å². The number of nitrogens with zero attached hydrogens (tertiary/aromatic N) is 1. The first kappa shape index (κ1) is 17.8. The van der Waals surface area contributed by atoms with E-state index in [-0.39, 0.29) is 0 Å². The maximum atomic E-state index is 7.46. The van der Waals surface area contributed by atoms with Crippen LogP contribution in [-0.4, -0.2) is 30.5 Å². The van der Waals surface area contributed by atoms with Crippen LogP contribution < -0.4 is 16.4 Å². The summed E-state index contributed by atoms with van der Waals surface area (Å²) in [6, 6.07) is 10.6. The summed E-state index contributed by atoms with van der Waals surface area (Å²) in [4.78, 5) is 4.14. The quantitative estimate of drug-likeness (QED) is 0.550. The highest BCUT2D eigenvalue weighted by molar-refractivity contribution is 6.09. The van der Waals surface area contributed by atoms with E-state index in [9.17, 15) is 0 Å². The molecule has 0 saturated carbocycles. The zero-order chi connectivity index (χ0) is 18.2. The Hall–Kier alpha value is -2.96. The molecule has 1 aliphatic heterocycles. The lowest BCUT2D eigenvalue weighted by molar-refractivity contribution is -0.00578. The van der Waals surface area contributed by atoms with Crippen molar-refractivity contribution in [3.05, 3.63) is 71.8 Å². The fourth-order valence-electron chi connectivity index (χ4n) is 2.58. The number of aromatic nitrogens is 1. The van der Waals surface area contributed by atoms with E-state index in [4.69, 9.17) is 15.9 Å². The largest absolute Gasteiger partial charge is 0.404 e. The van der Waals surface area contributed by atoms with Gasteiger partial charge in [0.2, 0.25) is 0 Å². The fraction of sp³-hybridized carbons (Fsp3) is 0.200. The molecule has 0 bridgehead atoms. The number of hydrogen-bond donors (Lipinski definition) is 4. The van der Waals surface area contributed by atoms with E-state index in [0.717, 1.165) is 36.6 Å². The van der Waals surface area contributed by atoms with Crippen LogP contribution in [0.15, 0.2) is 55.1 Å². The van der Waals surface area contributed by atoms with Gasteiger partial charge in [-0.3, -0.25) is 4.98 Å². The van der Waals surface area contributed by atoms with Crippen molar-refractivity contribution in [3.8, 4) is 0 Å². The third-order valence-corrected chi connectivity index (χ3v) is 4.20. The molecule has 1 aliphatic rings. The highest BCUT2D eigenvalue weighted by atomic mass is 16.5. The predicted octanol–water partition coefficient (Wildman–Crippen LogP) is 2.60. The summed E-state index contributed by atoms with van der Waals surface area (Å²) in [5.41, 5.74) is 10.3. The summed E-state index contributed by atoms with van der Waals surface area (Å²) in [6.45, 7) is 2.46. The second kappa shape index (κ2) is 8.94. The lowest BCUT2D eigenvalue weighted by Gasteiger charge is -2.27. The Kier molecular flexibility index (Phi) is 6.14. The third-order valence-electron chi connectivity index (χ3n) is 4.20. The molecular weight excluding hydrogens is 326 g/mol. The van der Waals surface area contributed by atoms with Crippen molar-refractivity contribution in [2.24, 2.45) is 5.73 Å². The predicted molar refractivity (Wildman–Crippen MR) is 106 cm³/mol. The number of rotatable bonds is 8. The summed E-state index contributed by atoms with van der Waals surface area (Å²) in [6.07, 6.45) is 9.88. The molecule has 1 aromatic carbocycles. The maximum absolute atomic E-state index is 7.46. The summed E-state index contributed by atoms with van der Waals surface area (Å²) in [5, 5.41) is 14.2. The molecule has 0 amide bonds. The Morgan fingerprint density at radius 3 is 2.73 bits per heavy atom. The third kappa shape index (κ3) is 4.56. The number of allylic oxidation sites excluding steroid dienone is 1. The molecule has 0 unspecified atom stereocenters. The first-order chi connectivity index (χ1) is 12.8. The fourth-order valence-corrected chi connectivity index (χ4v) is 2.58. The van der Waals surface area contributed by atoms with Crippen LogP contribution in [0, 0.1) is 5.41 Å². The molecule has 0 atom stereocenters. The van der Waals surface area contributed by atoms with E-state index in [1.165, 1.54) is 18.0 Å². The van der Waals surface area contributed by atoms with Crippen LogP contribution in [0.25, 0.3) is 11.6 Å². The number of pyridine rings is 1. The average Bonchev–Trinajstić information content (AvgIpc) is 2.64. The standard InChI is InChI=1S/C20H23N5O/c21-9-17(10-22)20-6-7-23-12-16(20)5-8-24-18-3-1-15(2-4-18)11-25-19-13-26-14-19/h1-10,12,19,21,24-25H,11,13-14,22H2/b8-5+,17-10+,21-9?. The van der Waals surface area contributed by atoms with Crippen LogP contribution in [0.1, 0.15) is 16.7 Å². The Labute approximate surface area is 153 Å². The summed E-state index contributed by atoms with van der Waals surface area (Å²) in [5.74, 6) is 0. The van der Waals surface area contributed by atoms with Crippen LogP contribution in [0.2, 0.25) is 0 Å². The van der Waals surface area contributed by atoms with Gasteiger partial charge in [-0.2, -0.15) is 0 Å². The Morgan fingerprint density at radius 2 is 2.08 bits per heavy atom. The summed E-state index contributed by atoms with van der Waals surface area (Å²) >= 11 is 0. The number of benzene rings is 1. The molecule has 3 rings (SSSR count). The first-order valence-electron chi connectivity index (χ1n) is 8.50. The zero-order valence-corrected chi connectivity index (χ0v) is 14.5. The van der Waals surface area contributed by atoms with Gasteiger partial charge in [0.25, 0.3) is 0 Å². The van der Waals surface area contributed by atoms with Crippen LogP contribution in [0.4, 0.5) is 5.69 Å². The van der Waals surface area contributed by atoms with Gasteiger partial charge in [0.1, 0.15) is 0 Å². The van der Waals surface area contributed by atoms with E-state index in [1.807, 2.05) is 30.5 Å². The van der Waals surface area contributed by atoms with Gasteiger partial charge in [-0.15, -0.1) is 0 Å². The second-order valence-corrected chi connectivity index (χ2v) is 6.02. The zero-order valence-electron chi connectivity index (χ0n) is 14.5. The molecule has 26 heavy (non-hydrogen) atoms. The van der Waals surface area contributed by atoms with E-state index in [0.29, 0.717) is 11.6 Å². The van der Waals surface area contributed by atoms with Crippen molar-refractivity contribution < 1.29 is 4.74 Å². The number of hydrogen-bond acceptors (Lipinski definition) is 6. The maximum Gasteiger partial charge on any atom is 0.0643 e. The lowest BCUT2D eigenvalue weighted by Crippen LogP contribution is -2.45. The molecule has 0 spiro atoms.